The van der Waals surface area contributed by atoms with Crippen LogP contribution in [0.3, 0.4) is 0 Å². The molecule has 0 saturated carbocycles. The number of hydrogen-bond donors (Lipinski definition) is 1. The third kappa shape index (κ3) is 1.73. The van der Waals surface area contributed by atoms with Crippen molar-refractivity contribution >= 4 is 17.6 Å². The van der Waals surface area contributed by atoms with Crippen molar-refractivity contribution in [3.63, 3.8) is 0 Å². The van der Waals surface area contributed by atoms with Gasteiger partial charge in [-0.25, -0.2) is 4.79 Å². The Morgan fingerprint density at radius 1 is 1.68 bits per heavy atom. The van der Waals surface area contributed by atoms with Crippen LogP contribution < -0.4 is 10.1 Å². The molecule has 0 spiro atoms. The molecule has 0 aromatic heterocycles. The number of benzene rings is 1. The van der Waals surface area contributed by atoms with E-state index in [0.29, 0.717) is 17.2 Å². The summed E-state index contributed by atoms with van der Waals surface area (Å²) in [5.74, 6) is 3.12. The predicted molar refractivity (Wildman–Crippen MR) is 71.9 cm³/mol. The largest absolute Gasteiger partial charge is 0.466 e. The van der Waals surface area contributed by atoms with Gasteiger partial charge in [0.2, 0.25) is 0 Å². The molecule has 5 heteroatoms. The SMILES string of the molecule is C#CCN1C(=O)NC2CC1(C)Oc1c(Cl)cccc12. The zero-order valence-corrected chi connectivity index (χ0v) is 11.2. The maximum absolute atomic E-state index is 12.1. The van der Waals surface area contributed by atoms with Gasteiger partial charge in [-0.05, 0) is 13.0 Å². The lowest BCUT2D eigenvalue weighted by atomic mass is 9.90. The average molecular weight is 277 g/mol. The number of halogens is 1. The van der Waals surface area contributed by atoms with E-state index in [1.165, 1.54) is 4.90 Å². The summed E-state index contributed by atoms with van der Waals surface area (Å²) in [4.78, 5) is 13.6. The number of carbonyl (C=O) groups excluding carboxylic acids is 1. The van der Waals surface area contributed by atoms with Gasteiger partial charge in [-0.2, -0.15) is 0 Å². The fourth-order valence-electron chi connectivity index (χ4n) is 2.72. The van der Waals surface area contributed by atoms with Crippen LogP contribution >= 0.6 is 11.6 Å². The number of nitrogens with one attached hydrogen (secondary N) is 1. The average Bonchev–Trinajstić information content (AvgIpc) is 2.36. The second-order valence-corrected chi connectivity index (χ2v) is 5.34. The first-order chi connectivity index (χ1) is 9.05. The molecule has 2 atom stereocenters. The van der Waals surface area contributed by atoms with E-state index < -0.39 is 5.72 Å². The van der Waals surface area contributed by atoms with Crippen LogP contribution in [-0.4, -0.2) is 23.2 Å². The van der Waals surface area contributed by atoms with E-state index in [-0.39, 0.29) is 18.6 Å². The number of hydrogen-bond acceptors (Lipinski definition) is 2. The van der Waals surface area contributed by atoms with Crippen LogP contribution in [0.2, 0.25) is 5.02 Å². The number of terminal acetylenes is 1. The zero-order valence-electron chi connectivity index (χ0n) is 10.4. The summed E-state index contributed by atoms with van der Waals surface area (Å²) < 4.78 is 5.99. The van der Waals surface area contributed by atoms with Crippen LogP contribution in [0.4, 0.5) is 4.79 Å². The molecule has 1 aromatic carbocycles. The molecule has 3 rings (SSSR count). The van der Waals surface area contributed by atoms with Crippen molar-refractivity contribution in [2.75, 3.05) is 6.54 Å². The summed E-state index contributed by atoms with van der Waals surface area (Å²) >= 11 is 6.18. The second-order valence-electron chi connectivity index (χ2n) is 4.93. The molecular weight excluding hydrogens is 264 g/mol. The van der Waals surface area contributed by atoms with E-state index in [9.17, 15) is 4.79 Å². The smallest absolute Gasteiger partial charge is 0.321 e. The van der Waals surface area contributed by atoms with Crippen molar-refractivity contribution in [2.45, 2.75) is 25.1 Å². The Bertz CT molecular complexity index is 596. The van der Waals surface area contributed by atoms with Gasteiger partial charge in [0, 0.05) is 12.0 Å². The molecule has 0 radical (unpaired) electrons. The summed E-state index contributed by atoms with van der Waals surface area (Å²) in [5, 5.41) is 3.49. The first-order valence-corrected chi connectivity index (χ1v) is 6.42. The molecular formula is C14H13ClN2O2. The van der Waals surface area contributed by atoms with E-state index in [2.05, 4.69) is 11.2 Å². The zero-order chi connectivity index (χ0) is 13.6. The molecule has 1 saturated heterocycles. The first kappa shape index (κ1) is 12.2. The van der Waals surface area contributed by atoms with E-state index in [1.54, 1.807) is 6.07 Å². The molecule has 1 N–H and O–H groups in total. The number of urea groups is 1. The Labute approximate surface area is 116 Å². The minimum Gasteiger partial charge on any atom is -0.466 e. The quantitative estimate of drug-likeness (QED) is 0.801. The molecule has 98 valence electrons. The van der Waals surface area contributed by atoms with Crippen LogP contribution in [0, 0.1) is 12.3 Å². The van der Waals surface area contributed by atoms with E-state index in [1.807, 2.05) is 19.1 Å². The highest BCUT2D eigenvalue weighted by molar-refractivity contribution is 6.32. The van der Waals surface area contributed by atoms with Gasteiger partial charge < -0.3 is 10.1 Å². The molecule has 2 heterocycles. The molecule has 2 bridgehead atoms. The van der Waals surface area contributed by atoms with Crippen LogP contribution in [0.25, 0.3) is 0 Å². The first-order valence-electron chi connectivity index (χ1n) is 6.04. The molecule has 2 unspecified atom stereocenters. The fourth-order valence-corrected chi connectivity index (χ4v) is 2.94. The fraction of sp³-hybridized carbons (Fsp3) is 0.357. The van der Waals surface area contributed by atoms with Crippen molar-refractivity contribution in [3.05, 3.63) is 28.8 Å². The van der Waals surface area contributed by atoms with Gasteiger partial charge in [-0.3, -0.25) is 4.90 Å². The van der Waals surface area contributed by atoms with Crippen molar-refractivity contribution in [1.82, 2.24) is 10.2 Å². The molecule has 1 aromatic rings. The molecule has 1 fully saturated rings. The lowest BCUT2D eigenvalue weighted by Gasteiger charge is -2.50. The van der Waals surface area contributed by atoms with Gasteiger partial charge in [-0.1, -0.05) is 29.7 Å². The van der Waals surface area contributed by atoms with Gasteiger partial charge >= 0.3 is 6.03 Å². The maximum Gasteiger partial charge on any atom is 0.321 e. The van der Waals surface area contributed by atoms with E-state index >= 15 is 0 Å². The summed E-state index contributed by atoms with van der Waals surface area (Å²) in [6, 6.07) is 5.25. The molecule has 0 aliphatic carbocycles. The third-order valence-electron chi connectivity index (χ3n) is 3.64. The van der Waals surface area contributed by atoms with Crippen molar-refractivity contribution in [2.24, 2.45) is 0 Å². The Kier molecular flexibility index (Phi) is 2.61. The van der Waals surface area contributed by atoms with Crippen LogP contribution in [0.15, 0.2) is 18.2 Å². The molecule has 2 aliphatic heterocycles. The number of ether oxygens (including phenoxy) is 1. The molecule has 4 nitrogen and oxygen atoms in total. The summed E-state index contributed by atoms with van der Waals surface area (Å²) in [6.45, 7) is 2.07. The minimum atomic E-state index is -0.753. The Balaban J connectivity index is 2.09. The van der Waals surface area contributed by atoms with E-state index in [0.717, 1.165) is 5.56 Å². The number of amides is 2. The Hall–Kier alpha value is -1.86. The molecule has 2 aliphatic rings. The van der Waals surface area contributed by atoms with E-state index in [4.69, 9.17) is 22.8 Å². The van der Waals surface area contributed by atoms with Gasteiger partial charge in [0.25, 0.3) is 0 Å². The van der Waals surface area contributed by atoms with Gasteiger partial charge in [0.1, 0.15) is 5.75 Å². The van der Waals surface area contributed by atoms with Gasteiger partial charge in [0.05, 0.1) is 17.6 Å². The number of para-hydroxylation sites is 1. The lowest BCUT2D eigenvalue weighted by molar-refractivity contribution is -0.0778. The minimum absolute atomic E-state index is 0.0889. The topological polar surface area (TPSA) is 41.6 Å². The highest BCUT2D eigenvalue weighted by Gasteiger charge is 2.49. The number of nitrogens with zero attached hydrogens (tertiary/aromatic N) is 1. The summed E-state index contributed by atoms with van der Waals surface area (Å²) in [5.41, 5.74) is 0.163. The maximum atomic E-state index is 12.1. The summed E-state index contributed by atoms with van der Waals surface area (Å²) in [7, 11) is 0. The van der Waals surface area contributed by atoms with Crippen LogP contribution in [0.5, 0.6) is 5.75 Å². The number of fused-ring (bicyclic) bond motifs is 4. The molecule has 2 amide bonds. The van der Waals surface area contributed by atoms with Crippen LogP contribution in [-0.2, 0) is 0 Å². The normalized spacial score (nSPS) is 27.9. The van der Waals surface area contributed by atoms with Crippen molar-refractivity contribution < 1.29 is 9.53 Å². The Morgan fingerprint density at radius 2 is 2.47 bits per heavy atom. The van der Waals surface area contributed by atoms with Gasteiger partial charge in [-0.15, -0.1) is 6.42 Å². The highest BCUT2D eigenvalue weighted by atomic mass is 35.5. The number of rotatable bonds is 1. The lowest BCUT2D eigenvalue weighted by Crippen LogP contribution is -2.64. The third-order valence-corrected chi connectivity index (χ3v) is 3.94. The highest BCUT2D eigenvalue weighted by Crippen LogP contribution is 2.46. The monoisotopic (exact) mass is 276 g/mol. The summed E-state index contributed by atoms with van der Waals surface area (Å²) in [6.07, 6.45) is 5.97. The molecule has 19 heavy (non-hydrogen) atoms. The van der Waals surface area contributed by atoms with Crippen LogP contribution in [0.1, 0.15) is 24.9 Å². The van der Waals surface area contributed by atoms with Crippen molar-refractivity contribution in [3.8, 4) is 18.1 Å². The van der Waals surface area contributed by atoms with Crippen molar-refractivity contribution in [1.29, 1.82) is 0 Å². The number of carbonyl (C=O) groups is 1. The second kappa shape index (κ2) is 4.07. The predicted octanol–water partition coefficient (Wildman–Crippen LogP) is 2.54. The standard InChI is InChI=1S/C14H13ClN2O2/c1-3-7-17-13(18)16-11-8-14(17,2)19-12-9(11)5-4-6-10(12)15/h1,4-6,11H,7-8H2,2H3,(H,16,18). The Morgan fingerprint density at radius 3 is 3.21 bits per heavy atom. The van der Waals surface area contributed by atoms with Gasteiger partial charge in [0.15, 0.2) is 5.72 Å².